The lowest BCUT2D eigenvalue weighted by Gasteiger charge is -2.35. The predicted molar refractivity (Wildman–Crippen MR) is 123 cm³/mol. The molecule has 168 valence electrons. The standard InChI is InChI=1S/C22H37N5O2S/c1-4-24-22(27-9-7-18(8-10-27)15-21(28)23-3)25-16-19(20-6-5-17(2)30-20)26-11-13-29-14-12-26/h5-6,18-19H,4,7-16H2,1-3H3,(H,23,28)(H,24,25). The van der Waals surface area contributed by atoms with E-state index < -0.39 is 0 Å². The highest BCUT2D eigenvalue weighted by Crippen LogP contribution is 2.29. The number of hydrogen-bond donors (Lipinski definition) is 2. The SMILES string of the molecule is CCNC(=NCC(c1ccc(C)s1)N1CCOCC1)N1CCC(CC(=O)NC)CC1. The molecule has 1 aromatic rings. The first-order chi connectivity index (χ1) is 14.6. The molecule has 0 spiro atoms. The number of morpholine rings is 1. The van der Waals surface area contributed by atoms with E-state index in [0.29, 0.717) is 18.4 Å². The molecule has 0 saturated carbocycles. The topological polar surface area (TPSA) is 69.2 Å². The summed E-state index contributed by atoms with van der Waals surface area (Å²) in [5.74, 6) is 1.62. The Morgan fingerprint density at radius 2 is 2.00 bits per heavy atom. The van der Waals surface area contributed by atoms with E-state index in [1.165, 1.54) is 9.75 Å². The van der Waals surface area contributed by atoms with Crippen molar-refractivity contribution in [2.24, 2.45) is 10.9 Å². The zero-order valence-electron chi connectivity index (χ0n) is 18.7. The minimum Gasteiger partial charge on any atom is -0.379 e. The van der Waals surface area contributed by atoms with Crippen molar-refractivity contribution in [1.82, 2.24) is 20.4 Å². The molecule has 7 nitrogen and oxygen atoms in total. The maximum absolute atomic E-state index is 11.7. The van der Waals surface area contributed by atoms with Gasteiger partial charge < -0.3 is 20.3 Å². The van der Waals surface area contributed by atoms with Crippen LogP contribution in [-0.2, 0) is 9.53 Å². The Balaban J connectivity index is 1.66. The lowest BCUT2D eigenvalue weighted by Crippen LogP contribution is -2.46. The predicted octanol–water partition coefficient (Wildman–Crippen LogP) is 2.24. The maximum Gasteiger partial charge on any atom is 0.220 e. The number of hydrogen-bond acceptors (Lipinski definition) is 5. The highest BCUT2D eigenvalue weighted by atomic mass is 32.1. The Labute approximate surface area is 184 Å². The summed E-state index contributed by atoms with van der Waals surface area (Å²) in [5.41, 5.74) is 0. The van der Waals surface area contributed by atoms with Gasteiger partial charge in [0.1, 0.15) is 0 Å². The Morgan fingerprint density at radius 3 is 2.60 bits per heavy atom. The molecule has 2 fully saturated rings. The van der Waals surface area contributed by atoms with Crippen molar-refractivity contribution >= 4 is 23.2 Å². The van der Waals surface area contributed by atoms with Crippen LogP contribution < -0.4 is 10.6 Å². The first-order valence-corrected chi connectivity index (χ1v) is 12.0. The Hall–Kier alpha value is -1.64. The van der Waals surface area contributed by atoms with Gasteiger partial charge in [-0.15, -0.1) is 11.3 Å². The van der Waals surface area contributed by atoms with E-state index in [1.807, 2.05) is 11.3 Å². The molecule has 0 aliphatic carbocycles. The molecule has 2 aliphatic heterocycles. The van der Waals surface area contributed by atoms with Gasteiger partial charge in [-0.2, -0.15) is 0 Å². The molecular weight excluding hydrogens is 398 g/mol. The molecule has 0 bridgehead atoms. The van der Waals surface area contributed by atoms with Crippen molar-refractivity contribution in [2.45, 2.75) is 39.2 Å². The normalized spacial score (nSPS) is 20.2. The number of aliphatic imine (C=N–C) groups is 1. The van der Waals surface area contributed by atoms with Crippen molar-refractivity contribution < 1.29 is 9.53 Å². The lowest BCUT2D eigenvalue weighted by molar-refractivity contribution is -0.121. The van der Waals surface area contributed by atoms with Crippen molar-refractivity contribution in [3.63, 3.8) is 0 Å². The summed E-state index contributed by atoms with van der Waals surface area (Å²) in [6.07, 6.45) is 2.71. The van der Waals surface area contributed by atoms with Gasteiger partial charge in [0.2, 0.25) is 5.91 Å². The van der Waals surface area contributed by atoms with Gasteiger partial charge in [-0.1, -0.05) is 0 Å². The molecule has 3 rings (SSSR count). The molecular formula is C22H37N5O2S. The minimum absolute atomic E-state index is 0.147. The molecule has 8 heteroatoms. The molecule has 3 heterocycles. The van der Waals surface area contributed by atoms with Crippen LogP contribution in [0.25, 0.3) is 0 Å². The van der Waals surface area contributed by atoms with Gasteiger partial charge in [0.25, 0.3) is 0 Å². The van der Waals surface area contributed by atoms with Crippen LogP contribution in [0, 0.1) is 12.8 Å². The van der Waals surface area contributed by atoms with Crippen LogP contribution in [0.5, 0.6) is 0 Å². The number of piperidine rings is 1. The number of thiophene rings is 1. The summed E-state index contributed by atoms with van der Waals surface area (Å²) in [7, 11) is 1.72. The highest BCUT2D eigenvalue weighted by Gasteiger charge is 2.26. The zero-order valence-corrected chi connectivity index (χ0v) is 19.5. The number of carbonyl (C=O) groups excluding carboxylic acids is 1. The van der Waals surface area contributed by atoms with Gasteiger partial charge in [-0.3, -0.25) is 14.7 Å². The van der Waals surface area contributed by atoms with E-state index in [9.17, 15) is 4.79 Å². The quantitative estimate of drug-likeness (QED) is 0.508. The third kappa shape index (κ3) is 6.43. The summed E-state index contributed by atoms with van der Waals surface area (Å²) in [6, 6.07) is 4.76. The fourth-order valence-corrected chi connectivity index (χ4v) is 5.22. The van der Waals surface area contributed by atoms with Crippen LogP contribution in [0.3, 0.4) is 0 Å². The maximum atomic E-state index is 11.7. The van der Waals surface area contributed by atoms with Gasteiger partial charge in [0, 0.05) is 55.9 Å². The Bertz CT molecular complexity index is 693. The lowest BCUT2D eigenvalue weighted by atomic mass is 9.93. The highest BCUT2D eigenvalue weighted by molar-refractivity contribution is 7.12. The van der Waals surface area contributed by atoms with Crippen LogP contribution in [0.4, 0.5) is 0 Å². The molecule has 0 radical (unpaired) electrons. The number of nitrogens with zero attached hydrogens (tertiary/aromatic N) is 3. The first-order valence-electron chi connectivity index (χ1n) is 11.2. The van der Waals surface area contributed by atoms with Gasteiger partial charge >= 0.3 is 0 Å². The monoisotopic (exact) mass is 435 g/mol. The molecule has 1 amide bonds. The largest absolute Gasteiger partial charge is 0.379 e. The summed E-state index contributed by atoms with van der Waals surface area (Å²) in [5, 5.41) is 6.24. The number of nitrogens with one attached hydrogen (secondary N) is 2. The average Bonchev–Trinajstić information content (AvgIpc) is 3.20. The number of amides is 1. The van der Waals surface area contributed by atoms with Gasteiger partial charge in [-0.25, -0.2) is 0 Å². The molecule has 2 N–H and O–H groups in total. The fourth-order valence-electron chi connectivity index (χ4n) is 4.22. The van der Waals surface area contributed by atoms with Crippen molar-refractivity contribution in [3.8, 4) is 0 Å². The summed E-state index contributed by atoms with van der Waals surface area (Å²) in [4.78, 5) is 24.4. The van der Waals surface area contributed by atoms with Gasteiger partial charge in [0.05, 0.1) is 25.8 Å². The van der Waals surface area contributed by atoms with Crippen LogP contribution in [0.15, 0.2) is 17.1 Å². The molecule has 2 saturated heterocycles. The Morgan fingerprint density at radius 1 is 1.27 bits per heavy atom. The van der Waals surface area contributed by atoms with Crippen LogP contribution in [0.2, 0.25) is 0 Å². The molecule has 1 aromatic heterocycles. The van der Waals surface area contributed by atoms with E-state index in [0.717, 1.165) is 71.3 Å². The second-order valence-electron chi connectivity index (χ2n) is 8.11. The second kappa shape index (κ2) is 11.7. The smallest absolute Gasteiger partial charge is 0.220 e. The number of guanidine groups is 1. The molecule has 0 aromatic carbocycles. The minimum atomic E-state index is 0.147. The summed E-state index contributed by atoms with van der Waals surface area (Å²) < 4.78 is 5.57. The third-order valence-corrected chi connectivity index (χ3v) is 7.09. The van der Waals surface area contributed by atoms with Crippen molar-refractivity contribution in [1.29, 1.82) is 0 Å². The number of aryl methyl sites for hydroxylation is 1. The third-order valence-electron chi connectivity index (χ3n) is 5.99. The molecule has 2 aliphatic rings. The number of likely N-dealkylation sites (tertiary alicyclic amines) is 1. The summed E-state index contributed by atoms with van der Waals surface area (Å²) in [6.45, 7) is 11.3. The van der Waals surface area contributed by atoms with Gasteiger partial charge in [0.15, 0.2) is 5.96 Å². The van der Waals surface area contributed by atoms with E-state index in [-0.39, 0.29) is 5.91 Å². The van der Waals surface area contributed by atoms with E-state index in [1.54, 1.807) is 7.05 Å². The molecule has 30 heavy (non-hydrogen) atoms. The number of rotatable bonds is 7. The molecule has 1 atom stereocenters. The van der Waals surface area contributed by atoms with E-state index >= 15 is 0 Å². The number of ether oxygens (including phenoxy) is 1. The number of carbonyl (C=O) groups is 1. The zero-order chi connectivity index (χ0) is 21.3. The summed E-state index contributed by atoms with van der Waals surface area (Å²) >= 11 is 1.87. The van der Waals surface area contributed by atoms with Crippen LogP contribution >= 0.6 is 11.3 Å². The Kier molecular flexibility index (Phi) is 8.96. The van der Waals surface area contributed by atoms with Gasteiger partial charge in [-0.05, 0) is 44.7 Å². The van der Waals surface area contributed by atoms with E-state index in [2.05, 4.69) is 46.4 Å². The van der Waals surface area contributed by atoms with Crippen LogP contribution in [-0.4, -0.2) is 81.2 Å². The van der Waals surface area contributed by atoms with Crippen molar-refractivity contribution in [2.75, 3.05) is 59.5 Å². The average molecular weight is 436 g/mol. The molecule has 1 unspecified atom stereocenters. The fraction of sp³-hybridized carbons (Fsp3) is 0.727. The van der Waals surface area contributed by atoms with Crippen LogP contribution in [0.1, 0.15) is 42.0 Å². The van der Waals surface area contributed by atoms with Crippen molar-refractivity contribution in [3.05, 3.63) is 21.9 Å². The van der Waals surface area contributed by atoms with E-state index in [4.69, 9.17) is 9.73 Å². The second-order valence-corrected chi connectivity index (χ2v) is 9.43. The first kappa shape index (κ1) is 23.0.